The maximum absolute atomic E-state index is 8.56. The molecule has 18 heavy (non-hydrogen) atoms. The quantitative estimate of drug-likeness (QED) is 0.518. The van der Waals surface area contributed by atoms with E-state index in [9.17, 15) is 0 Å². The van der Waals surface area contributed by atoms with Crippen LogP contribution in [0.3, 0.4) is 0 Å². The van der Waals surface area contributed by atoms with Gasteiger partial charge in [0.25, 0.3) is 0 Å². The van der Waals surface area contributed by atoms with Crippen LogP contribution in [-0.2, 0) is 9.47 Å². The summed E-state index contributed by atoms with van der Waals surface area (Å²) < 4.78 is 10.4. The average Bonchev–Trinajstić information content (AvgIpc) is 2.41. The number of rotatable bonds is 10. The SMILES string of the molecule is OCCOCCN1C=CN(CCOCCO)C=C1. The van der Waals surface area contributed by atoms with Gasteiger partial charge in [-0.15, -0.1) is 0 Å². The molecule has 0 atom stereocenters. The van der Waals surface area contributed by atoms with E-state index in [0.717, 1.165) is 13.1 Å². The van der Waals surface area contributed by atoms with Gasteiger partial charge in [0, 0.05) is 37.9 Å². The summed E-state index contributed by atoms with van der Waals surface area (Å²) in [6, 6.07) is 0. The Labute approximate surface area is 108 Å². The number of hydrogen-bond donors (Lipinski definition) is 2. The molecule has 0 radical (unpaired) electrons. The Morgan fingerprint density at radius 2 is 1.06 bits per heavy atom. The van der Waals surface area contributed by atoms with Crippen LogP contribution >= 0.6 is 0 Å². The third-order valence-electron chi connectivity index (χ3n) is 2.36. The van der Waals surface area contributed by atoms with E-state index in [1.807, 2.05) is 34.6 Å². The first kappa shape index (κ1) is 15.0. The zero-order chi connectivity index (χ0) is 13.1. The molecule has 0 saturated heterocycles. The Balaban J connectivity index is 2.07. The average molecular weight is 258 g/mol. The maximum atomic E-state index is 8.56. The highest BCUT2D eigenvalue weighted by Crippen LogP contribution is 2.04. The largest absolute Gasteiger partial charge is 0.394 e. The van der Waals surface area contributed by atoms with Crippen LogP contribution in [0.5, 0.6) is 0 Å². The zero-order valence-corrected chi connectivity index (χ0v) is 10.6. The van der Waals surface area contributed by atoms with Crippen molar-refractivity contribution in [1.29, 1.82) is 0 Å². The van der Waals surface area contributed by atoms with E-state index < -0.39 is 0 Å². The molecule has 2 N–H and O–H groups in total. The van der Waals surface area contributed by atoms with E-state index in [1.54, 1.807) is 0 Å². The van der Waals surface area contributed by atoms with E-state index in [0.29, 0.717) is 26.4 Å². The van der Waals surface area contributed by atoms with Crippen molar-refractivity contribution < 1.29 is 19.7 Å². The highest BCUT2D eigenvalue weighted by Gasteiger charge is 2.03. The van der Waals surface area contributed by atoms with E-state index >= 15 is 0 Å². The van der Waals surface area contributed by atoms with Crippen molar-refractivity contribution in [3.63, 3.8) is 0 Å². The minimum atomic E-state index is 0.0628. The minimum Gasteiger partial charge on any atom is -0.394 e. The van der Waals surface area contributed by atoms with E-state index in [4.69, 9.17) is 19.7 Å². The molecule has 0 spiro atoms. The van der Waals surface area contributed by atoms with Crippen LogP contribution in [0.4, 0.5) is 0 Å². The second kappa shape index (κ2) is 9.90. The summed E-state index contributed by atoms with van der Waals surface area (Å²) in [7, 11) is 0. The first-order chi connectivity index (χ1) is 8.86. The fraction of sp³-hybridized carbons (Fsp3) is 0.667. The summed E-state index contributed by atoms with van der Waals surface area (Å²) in [5.74, 6) is 0. The standard InChI is InChI=1S/C12H22N2O4/c15-7-11-17-9-5-13-1-2-14(4-3-13)6-10-18-12-8-16/h1-4,15-16H,5-12H2. The zero-order valence-electron chi connectivity index (χ0n) is 10.6. The van der Waals surface area contributed by atoms with Crippen molar-refractivity contribution in [3.8, 4) is 0 Å². The first-order valence-electron chi connectivity index (χ1n) is 6.12. The smallest absolute Gasteiger partial charge is 0.0698 e. The molecule has 1 aliphatic rings. The van der Waals surface area contributed by atoms with Gasteiger partial charge in [-0.05, 0) is 0 Å². The molecule has 0 saturated carbocycles. The molecule has 6 nitrogen and oxygen atoms in total. The van der Waals surface area contributed by atoms with Gasteiger partial charge in [0.2, 0.25) is 0 Å². The monoisotopic (exact) mass is 258 g/mol. The van der Waals surface area contributed by atoms with Crippen LogP contribution < -0.4 is 0 Å². The van der Waals surface area contributed by atoms with Crippen molar-refractivity contribution in [1.82, 2.24) is 9.80 Å². The maximum Gasteiger partial charge on any atom is 0.0698 e. The first-order valence-corrected chi connectivity index (χ1v) is 6.12. The summed E-state index contributed by atoms with van der Waals surface area (Å²) in [4.78, 5) is 4.03. The van der Waals surface area contributed by atoms with Gasteiger partial charge in [0.15, 0.2) is 0 Å². The van der Waals surface area contributed by atoms with Gasteiger partial charge >= 0.3 is 0 Å². The normalized spacial score (nSPS) is 14.6. The van der Waals surface area contributed by atoms with Gasteiger partial charge in [0.1, 0.15) is 0 Å². The molecule has 0 unspecified atom stereocenters. The predicted octanol–water partition coefficient (Wildman–Crippen LogP) is -0.436. The molecule has 0 aromatic rings. The van der Waals surface area contributed by atoms with Crippen molar-refractivity contribution >= 4 is 0 Å². The lowest BCUT2D eigenvalue weighted by Crippen LogP contribution is -2.25. The van der Waals surface area contributed by atoms with Gasteiger partial charge in [-0.25, -0.2) is 0 Å². The third kappa shape index (κ3) is 6.61. The number of aliphatic hydroxyl groups excluding tert-OH is 2. The van der Waals surface area contributed by atoms with Crippen molar-refractivity contribution in [2.75, 3.05) is 52.7 Å². The molecule has 104 valence electrons. The number of nitrogens with zero attached hydrogens (tertiary/aromatic N) is 2. The van der Waals surface area contributed by atoms with Crippen LogP contribution in [0.25, 0.3) is 0 Å². The molecular formula is C12H22N2O4. The third-order valence-corrected chi connectivity index (χ3v) is 2.36. The van der Waals surface area contributed by atoms with Crippen LogP contribution in [-0.4, -0.2) is 72.7 Å². The highest BCUT2D eigenvalue weighted by atomic mass is 16.5. The van der Waals surface area contributed by atoms with Gasteiger partial charge in [-0.1, -0.05) is 0 Å². The molecule has 0 fully saturated rings. The predicted molar refractivity (Wildman–Crippen MR) is 67.5 cm³/mol. The van der Waals surface area contributed by atoms with Gasteiger partial charge < -0.3 is 29.5 Å². The molecule has 1 aliphatic heterocycles. The van der Waals surface area contributed by atoms with E-state index in [2.05, 4.69) is 0 Å². The highest BCUT2D eigenvalue weighted by molar-refractivity contribution is 5.00. The summed E-state index contributed by atoms with van der Waals surface area (Å²) in [5, 5.41) is 17.1. The summed E-state index contributed by atoms with van der Waals surface area (Å²) in [5.41, 5.74) is 0. The molecule has 0 aromatic heterocycles. The Morgan fingerprint density at radius 1 is 0.667 bits per heavy atom. The van der Waals surface area contributed by atoms with Gasteiger partial charge in [-0.3, -0.25) is 0 Å². The number of hydrogen-bond acceptors (Lipinski definition) is 6. The van der Waals surface area contributed by atoms with E-state index in [1.165, 1.54) is 0 Å². The molecule has 1 heterocycles. The second-order valence-corrected chi connectivity index (χ2v) is 3.74. The second-order valence-electron chi connectivity index (χ2n) is 3.74. The molecule has 0 bridgehead atoms. The molecular weight excluding hydrogens is 236 g/mol. The van der Waals surface area contributed by atoms with Crippen molar-refractivity contribution in [2.45, 2.75) is 0 Å². The Morgan fingerprint density at radius 3 is 1.39 bits per heavy atom. The number of ether oxygens (including phenoxy) is 2. The Hall–Kier alpha value is -1.08. The summed E-state index contributed by atoms with van der Waals surface area (Å²) >= 11 is 0. The van der Waals surface area contributed by atoms with Crippen LogP contribution in [0.15, 0.2) is 24.8 Å². The lowest BCUT2D eigenvalue weighted by atomic mass is 10.4. The Kier molecular flexibility index (Phi) is 8.24. The number of aliphatic hydroxyl groups is 2. The Bertz CT molecular complexity index is 220. The topological polar surface area (TPSA) is 65.4 Å². The molecule has 0 amide bonds. The lowest BCUT2D eigenvalue weighted by molar-refractivity contribution is 0.0827. The fourth-order valence-corrected chi connectivity index (χ4v) is 1.41. The van der Waals surface area contributed by atoms with Crippen molar-refractivity contribution in [2.24, 2.45) is 0 Å². The molecule has 6 heteroatoms. The van der Waals surface area contributed by atoms with Crippen molar-refractivity contribution in [3.05, 3.63) is 24.8 Å². The van der Waals surface area contributed by atoms with Crippen LogP contribution in [0.2, 0.25) is 0 Å². The van der Waals surface area contributed by atoms with Crippen LogP contribution in [0, 0.1) is 0 Å². The lowest BCUT2D eigenvalue weighted by Gasteiger charge is -2.24. The summed E-state index contributed by atoms with van der Waals surface area (Å²) in [6.07, 6.45) is 7.87. The minimum absolute atomic E-state index is 0.0628. The molecule has 0 aliphatic carbocycles. The van der Waals surface area contributed by atoms with Gasteiger partial charge in [-0.2, -0.15) is 0 Å². The summed E-state index contributed by atoms with van der Waals surface area (Å²) in [6.45, 7) is 3.61. The fourth-order valence-electron chi connectivity index (χ4n) is 1.41. The van der Waals surface area contributed by atoms with Crippen LogP contribution in [0.1, 0.15) is 0 Å². The van der Waals surface area contributed by atoms with Gasteiger partial charge in [0.05, 0.1) is 39.6 Å². The van der Waals surface area contributed by atoms with E-state index in [-0.39, 0.29) is 13.2 Å². The molecule has 1 rings (SSSR count). The molecule has 0 aromatic carbocycles.